The van der Waals surface area contributed by atoms with Gasteiger partial charge in [0, 0.05) is 12.8 Å². The molecule has 0 aromatic rings. The van der Waals surface area contributed by atoms with E-state index in [0.717, 1.165) is 44.9 Å². The van der Waals surface area contributed by atoms with Crippen LogP contribution in [0.25, 0.3) is 0 Å². The number of phosphoric acid groups is 1. The number of esters is 2. The molecule has 0 spiro atoms. The Morgan fingerprint density at radius 2 is 0.914 bits per heavy atom. The van der Waals surface area contributed by atoms with E-state index in [1.165, 1.54) is 135 Å². The van der Waals surface area contributed by atoms with E-state index in [9.17, 15) is 23.8 Å². The molecule has 4 N–H and O–H groups in total. The van der Waals surface area contributed by atoms with Gasteiger partial charge >= 0.3 is 25.7 Å². The van der Waals surface area contributed by atoms with Gasteiger partial charge < -0.3 is 25.2 Å². The van der Waals surface area contributed by atoms with E-state index in [1.807, 2.05) is 0 Å². The molecule has 11 nitrogen and oxygen atoms in total. The van der Waals surface area contributed by atoms with Crippen molar-refractivity contribution in [2.24, 2.45) is 5.73 Å². The Kier molecular flexibility index (Phi) is 40.2. The predicted octanol–water partition coefficient (Wildman–Crippen LogP) is 12.6. The third kappa shape index (κ3) is 40.7. The number of carboxylic acids is 1. The normalized spacial score (nSPS) is 13.9. The highest BCUT2D eigenvalue weighted by Crippen LogP contribution is 2.43. The number of phosphoric ester groups is 1. The first kappa shape index (κ1) is 56.0. The Labute approximate surface area is 353 Å². The SMILES string of the molecule is CCCCCCCC/C=C/C/C=C/CCCCC(=O)O[C@H](COC(=O)CCCCCCCCCCCCCCCCCCCCC)COP(=O)(O)OC[C@H](N)C(=O)O. The van der Waals surface area contributed by atoms with Gasteiger partial charge in [0.25, 0.3) is 0 Å². The Bertz CT molecular complexity index is 1080. The van der Waals surface area contributed by atoms with Crippen LogP contribution in [0.4, 0.5) is 0 Å². The Balaban J connectivity index is 4.31. The number of aliphatic carboxylic acids is 1. The first-order valence-corrected chi connectivity index (χ1v) is 24.9. The number of carbonyl (C=O) groups excluding carboxylic acids is 2. The van der Waals surface area contributed by atoms with Crippen LogP contribution in [0.1, 0.15) is 219 Å². The number of carbonyl (C=O) groups is 3. The van der Waals surface area contributed by atoms with Crippen molar-refractivity contribution in [2.45, 2.75) is 231 Å². The third-order valence-corrected chi connectivity index (χ3v) is 11.2. The highest BCUT2D eigenvalue weighted by molar-refractivity contribution is 7.47. The predicted molar refractivity (Wildman–Crippen MR) is 236 cm³/mol. The van der Waals surface area contributed by atoms with Crippen LogP contribution in [0, 0.1) is 0 Å². The van der Waals surface area contributed by atoms with Crippen molar-refractivity contribution in [3.05, 3.63) is 24.3 Å². The van der Waals surface area contributed by atoms with Crippen molar-refractivity contribution < 1.29 is 47.5 Å². The zero-order valence-corrected chi connectivity index (χ0v) is 37.8. The average Bonchev–Trinajstić information content (AvgIpc) is 3.20. The number of unbranched alkanes of at least 4 members (excludes halogenated alkanes) is 26. The molecule has 1 unspecified atom stereocenters. The second kappa shape index (κ2) is 41.7. The van der Waals surface area contributed by atoms with Crippen molar-refractivity contribution >= 4 is 25.7 Å². The maximum absolute atomic E-state index is 12.6. The van der Waals surface area contributed by atoms with Gasteiger partial charge in [-0.3, -0.25) is 23.4 Å². The summed E-state index contributed by atoms with van der Waals surface area (Å²) in [5.41, 5.74) is 5.34. The summed E-state index contributed by atoms with van der Waals surface area (Å²) < 4.78 is 32.7. The Hall–Kier alpha value is -2.04. The summed E-state index contributed by atoms with van der Waals surface area (Å²) in [6, 6.07) is -1.52. The number of ether oxygens (including phenoxy) is 2. The summed E-state index contributed by atoms with van der Waals surface area (Å²) in [5.74, 6) is -2.41. The minimum absolute atomic E-state index is 0.122. The molecule has 58 heavy (non-hydrogen) atoms. The molecule has 0 aliphatic heterocycles. The van der Waals surface area contributed by atoms with Gasteiger partial charge in [-0.25, -0.2) is 4.57 Å². The molecular formula is C46H86NO10P. The fraction of sp³-hybridized carbons (Fsp3) is 0.848. The van der Waals surface area contributed by atoms with Crippen LogP contribution in [-0.2, 0) is 37.5 Å². The molecule has 340 valence electrons. The van der Waals surface area contributed by atoms with Gasteiger partial charge in [0.05, 0.1) is 13.2 Å². The van der Waals surface area contributed by atoms with Crippen molar-refractivity contribution in [1.29, 1.82) is 0 Å². The van der Waals surface area contributed by atoms with Crippen molar-refractivity contribution in [3.8, 4) is 0 Å². The molecule has 0 fully saturated rings. The molecule has 0 bridgehead atoms. The number of hydrogen-bond acceptors (Lipinski definition) is 9. The lowest BCUT2D eigenvalue weighted by Gasteiger charge is -2.20. The molecular weight excluding hydrogens is 757 g/mol. The molecule has 0 aromatic carbocycles. The molecule has 0 aromatic heterocycles. The van der Waals surface area contributed by atoms with Crippen molar-refractivity contribution in [2.75, 3.05) is 19.8 Å². The summed E-state index contributed by atoms with van der Waals surface area (Å²) in [6.07, 6.45) is 43.9. The molecule has 0 heterocycles. The highest BCUT2D eigenvalue weighted by Gasteiger charge is 2.28. The van der Waals surface area contributed by atoms with Crippen LogP contribution in [-0.4, -0.2) is 59.9 Å². The third-order valence-electron chi connectivity index (χ3n) is 10.2. The maximum Gasteiger partial charge on any atom is 0.472 e. The van der Waals surface area contributed by atoms with E-state index >= 15 is 0 Å². The van der Waals surface area contributed by atoms with Crippen molar-refractivity contribution in [1.82, 2.24) is 0 Å². The van der Waals surface area contributed by atoms with Crippen LogP contribution >= 0.6 is 7.82 Å². The minimum Gasteiger partial charge on any atom is -0.480 e. The summed E-state index contributed by atoms with van der Waals surface area (Å²) in [5, 5.41) is 8.89. The van der Waals surface area contributed by atoms with Crippen LogP contribution in [0.3, 0.4) is 0 Å². The van der Waals surface area contributed by atoms with E-state index in [4.69, 9.17) is 24.8 Å². The van der Waals surface area contributed by atoms with Crippen LogP contribution in [0.5, 0.6) is 0 Å². The zero-order chi connectivity index (χ0) is 42.8. The first-order chi connectivity index (χ1) is 28.1. The standard InChI is InChI=1S/C46H86NO10P/c1-3-5-7-9-11-13-15-17-19-20-21-22-24-25-27-29-31-33-35-37-44(48)54-39-42(40-55-58(52,53)56-41-43(47)46(50)51)57-45(49)38-36-34-32-30-28-26-23-18-16-14-12-10-8-6-4-2/h18,23,28,30,42-43H,3-17,19-22,24-27,29,31-41,47H2,1-2H3,(H,50,51)(H,52,53)/b23-18+,30-28+/t42-,43+/m1/s1. The van der Waals surface area contributed by atoms with Gasteiger partial charge in [0.15, 0.2) is 6.10 Å². The zero-order valence-electron chi connectivity index (χ0n) is 36.9. The van der Waals surface area contributed by atoms with Crippen LogP contribution in [0.2, 0.25) is 0 Å². The lowest BCUT2D eigenvalue weighted by Crippen LogP contribution is -2.34. The monoisotopic (exact) mass is 844 g/mol. The second-order valence-corrected chi connectivity index (χ2v) is 17.3. The fourth-order valence-electron chi connectivity index (χ4n) is 6.51. The van der Waals surface area contributed by atoms with Gasteiger partial charge in [0.2, 0.25) is 0 Å². The lowest BCUT2D eigenvalue weighted by atomic mass is 10.0. The second-order valence-electron chi connectivity index (χ2n) is 15.9. The van der Waals surface area contributed by atoms with Gasteiger partial charge in [-0.2, -0.15) is 0 Å². The minimum atomic E-state index is -4.72. The highest BCUT2D eigenvalue weighted by atomic mass is 31.2. The Morgan fingerprint density at radius 3 is 1.38 bits per heavy atom. The topological polar surface area (TPSA) is 172 Å². The van der Waals surface area contributed by atoms with Crippen LogP contribution in [0.15, 0.2) is 24.3 Å². The Morgan fingerprint density at radius 1 is 0.534 bits per heavy atom. The van der Waals surface area contributed by atoms with E-state index < -0.39 is 51.1 Å². The number of hydrogen-bond donors (Lipinski definition) is 3. The lowest BCUT2D eigenvalue weighted by molar-refractivity contribution is -0.161. The summed E-state index contributed by atoms with van der Waals surface area (Å²) >= 11 is 0. The fourth-order valence-corrected chi connectivity index (χ4v) is 7.29. The number of nitrogens with two attached hydrogens (primary N) is 1. The molecule has 0 aliphatic carbocycles. The molecule has 3 atom stereocenters. The van der Waals surface area contributed by atoms with Crippen LogP contribution < -0.4 is 5.73 Å². The summed E-state index contributed by atoms with van der Waals surface area (Å²) in [7, 11) is -4.72. The molecule has 0 aliphatic rings. The van der Waals surface area contributed by atoms with E-state index in [0.29, 0.717) is 12.8 Å². The van der Waals surface area contributed by atoms with Gasteiger partial charge in [0.1, 0.15) is 12.6 Å². The molecule has 0 saturated heterocycles. The van der Waals surface area contributed by atoms with Crippen molar-refractivity contribution in [3.63, 3.8) is 0 Å². The summed E-state index contributed by atoms with van der Waals surface area (Å²) in [4.78, 5) is 46.0. The number of carboxylic acid groups (broad SMARTS) is 1. The smallest absolute Gasteiger partial charge is 0.472 e. The summed E-state index contributed by atoms with van der Waals surface area (Å²) in [6.45, 7) is 2.79. The molecule has 12 heteroatoms. The van der Waals surface area contributed by atoms with Gasteiger partial charge in [-0.15, -0.1) is 0 Å². The van der Waals surface area contributed by atoms with E-state index in [1.54, 1.807) is 0 Å². The first-order valence-electron chi connectivity index (χ1n) is 23.4. The molecule has 0 amide bonds. The van der Waals surface area contributed by atoms with E-state index in [-0.39, 0.29) is 19.4 Å². The van der Waals surface area contributed by atoms with E-state index in [2.05, 4.69) is 42.7 Å². The largest absolute Gasteiger partial charge is 0.480 e. The average molecular weight is 844 g/mol. The maximum atomic E-state index is 12.6. The number of allylic oxidation sites excluding steroid dienone is 4. The molecule has 0 radical (unpaired) electrons. The molecule has 0 rings (SSSR count). The van der Waals surface area contributed by atoms with Gasteiger partial charge in [-0.05, 0) is 44.9 Å². The van der Waals surface area contributed by atoms with Gasteiger partial charge in [-0.1, -0.05) is 186 Å². The molecule has 0 saturated carbocycles. The quantitative estimate of drug-likeness (QED) is 0.0231. The number of rotatable bonds is 44.